The molecule has 0 bridgehead atoms. The van der Waals surface area contributed by atoms with E-state index < -0.39 is 0 Å². The maximum atomic E-state index is 12.9. The highest BCUT2D eigenvalue weighted by molar-refractivity contribution is 5.92. The van der Waals surface area contributed by atoms with E-state index in [1.54, 1.807) is 14.2 Å². The number of likely N-dealkylation sites (N-methyl/N-ethyl adjacent to an activating group) is 1. The number of aromatic nitrogens is 1. The number of benzene rings is 1. The van der Waals surface area contributed by atoms with Crippen LogP contribution in [0, 0.1) is 0 Å². The third-order valence-electron chi connectivity index (χ3n) is 6.64. The average molecular weight is 488 g/mol. The Bertz CT molecular complexity index is 953. The van der Waals surface area contributed by atoms with Crippen LogP contribution in [0.5, 0.6) is 11.5 Å². The molecule has 35 heavy (non-hydrogen) atoms. The summed E-state index contributed by atoms with van der Waals surface area (Å²) in [5.41, 5.74) is 1.39. The topological polar surface area (TPSA) is 83.7 Å². The standard InChI is InChI=1S/C25H37N5O5/c1-27-6-10-30(11-7-27)25(31)22-19-35-24(26-22)18-29(9-8-28-12-14-34-15-13-28)17-20-16-21(32-2)4-5-23(20)33-3/h4-5,16,19H,6-15,17-18H2,1-3H3. The Hall–Kier alpha value is -2.66. The molecule has 10 nitrogen and oxygen atoms in total. The zero-order valence-electron chi connectivity index (χ0n) is 21.1. The minimum atomic E-state index is -0.0672. The molecule has 3 heterocycles. The van der Waals surface area contributed by atoms with Crippen LogP contribution in [0.3, 0.4) is 0 Å². The highest BCUT2D eigenvalue weighted by Gasteiger charge is 2.24. The van der Waals surface area contributed by atoms with E-state index in [2.05, 4.69) is 26.7 Å². The Balaban J connectivity index is 1.45. The normalized spacial score (nSPS) is 17.7. The van der Waals surface area contributed by atoms with Crippen molar-refractivity contribution in [2.75, 3.05) is 86.8 Å². The van der Waals surface area contributed by atoms with Gasteiger partial charge < -0.3 is 28.4 Å². The van der Waals surface area contributed by atoms with Crippen molar-refractivity contribution in [3.05, 3.63) is 41.6 Å². The minimum Gasteiger partial charge on any atom is -0.497 e. The Kier molecular flexibility index (Phi) is 8.97. The molecular formula is C25H37N5O5. The highest BCUT2D eigenvalue weighted by Crippen LogP contribution is 2.26. The minimum absolute atomic E-state index is 0.0672. The van der Waals surface area contributed by atoms with Crippen molar-refractivity contribution in [2.45, 2.75) is 13.1 Å². The molecule has 192 valence electrons. The third kappa shape index (κ3) is 6.94. The van der Waals surface area contributed by atoms with Gasteiger partial charge in [-0.1, -0.05) is 0 Å². The second-order valence-electron chi connectivity index (χ2n) is 9.06. The van der Waals surface area contributed by atoms with E-state index >= 15 is 0 Å². The second kappa shape index (κ2) is 12.3. The molecular weight excluding hydrogens is 450 g/mol. The van der Waals surface area contributed by atoms with E-state index in [0.717, 1.165) is 69.5 Å². The maximum Gasteiger partial charge on any atom is 0.275 e. The van der Waals surface area contributed by atoms with Gasteiger partial charge in [0.25, 0.3) is 5.91 Å². The monoisotopic (exact) mass is 487 g/mol. The van der Waals surface area contributed by atoms with Crippen LogP contribution in [0.2, 0.25) is 0 Å². The summed E-state index contributed by atoms with van der Waals surface area (Å²) in [4.78, 5) is 26.2. The lowest BCUT2D eigenvalue weighted by Crippen LogP contribution is -2.47. The maximum absolute atomic E-state index is 12.9. The van der Waals surface area contributed by atoms with Crippen molar-refractivity contribution in [1.29, 1.82) is 0 Å². The largest absolute Gasteiger partial charge is 0.497 e. The van der Waals surface area contributed by atoms with Crippen molar-refractivity contribution in [1.82, 2.24) is 24.6 Å². The number of carbonyl (C=O) groups excluding carboxylic acids is 1. The van der Waals surface area contributed by atoms with Crippen LogP contribution in [0.25, 0.3) is 0 Å². The Morgan fingerprint density at radius 3 is 2.54 bits per heavy atom. The van der Waals surface area contributed by atoms with Crippen molar-refractivity contribution in [3.63, 3.8) is 0 Å². The van der Waals surface area contributed by atoms with Crippen LogP contribution in [0.1, 0.15) is 21.9 Å². The molecule has 1 amide bonds. The Morgan fingerprint density at radius 1 is 1.06 bits per heavy atom. The lowest BCUT2D eigenvalue weighted by molar-refractivity contribution is 0.0320. The number of rotatable bonds is 10. The first-order valence-corrected chi connectivity index (χ1v) is 12.2. The first-order chi connectivity index (χ1) is 17.1. The second-order valence-corrected chi connectivity index (χ2v) is 9.06. The summed E-state index contributed by atoms with van der Waals surface area (Å²) in [5, 5.41) is 0. The summed E-state index contributed by atoms with van der Waals surface area (Å²) in [6.07, 6.45) is 1.49. The lowest BCUT2D eigenvalue weighted by Gasteiger charge is -2.31. The fourth-order valence-electron chi connectivity index (χ4n) is 4.41. The molecule has 2 aliphatic rings. The van der Waals surface area contributed by atoms with Gasteiger partial charge in [-0.05, 0) is 25.2 Å². The Morgan fingerprint density at radius 2 is 1.83 bits per heavy atom. The van der Waals surface area contributed by atoms with E-state index in [0.29, 0.717) is 37.8 Å². The molecule has 0 radical (unpaired) electrons. The molecule has 2 aromatic rings. The number of methoxy groups -OCH3 is 2. The SMILES string of the molecule is COc1ccc(OC)c(CN(CCN2CCOCC2)Cc2nc(C(=O)N3CCN(C)CC3)co2)c1. The number of morpholine rings is 1. The van der Waals surface area contributed by atoms with Crippen molar-refractivity contribution in [3.8, 4) is 11.5 Å². The zero-order valence-corrected chi connectivity index (χ0v) is 21.1. The molecule has 1 aromatic carbocycles. The predicted molar refractivity (Wildman–Crippen MR) is 131 cm³/mol. The highest BCUT2D eigenvalue weighted by atomic mass is 16.5. The Labute approximate surface area is 207 Å². The number of ether oxygens (including phenoxy) is 3. The van der Waals surface area contributed by atoms with Gasteiger partial charge in [-0.15, -0.1) is 0 Å². The van der Waals surface area contributed by atoms with E-state index in [1.807, 2.05) is 23.1 Å². The summed E-state index contributed by atoms with van der Waals surface area (Å²) >= 11 is 0. The average Bonchev–Trinajstić information content (AvgIpc) is 3.36. The number of piperazine rings is 1. The molecule has 0 atom stereocenters. The van der Waals surface area contributed by atoms with Gasteiger partial charge in [-0.25, -0.2) is 4.98 Å². The molecule has 2 fully saturated rings. The van der Waals surface area contributed by atoms with Gasteiger partial charge in [0.05, 0.1) is 34.0 Å². The van der Waals surface area contributed by atoms with Gasteiger partial charge in [-0.3, -0.25) is 14.6 Å². The van der Waals surface area contributed by atoms with Crippen LogP contribution in [-0.2, 0) is 17.8 Å². The molecule has 10 heteroatoms. The summed E-state index contributed by atoms with van der Waals surface area (Å²) < 4.78 is 22.3. The fraction of sp³-hybridized carbons (Fsp3) is 0.600. The van der Waals surface area contributed by atoms with Crippen LogP contribution < -0.4 is 9.47 Å². The molecule has 0 unspecified atom stereocenters. The van der Waals surface area contributed by atoms with Crippen LogP contribution in [0.4, 0.5) is 0 Å². The first kappa shape index (κ1) is 25.4. The smallest absolute Gasteiger partial charge is 0.275 e. The molecule has 0 aliphatic carbocycles. The number of carbonyl (C=O) groups is 1. The van der Waals surface area contributed by atoms with Gasteiger partial charge in [0.15, 0.2) is 5.69 Å². The van der Waals surface area contributed by atoms with Crippen LogP contribution in [-0.4, -0.2) is 117 Å². The number of hydrogen-bond acceptors (Lipinski definition) is 9. The van der Waals surface area contributed by atoms with Gasteiger partial charge in [0, 0.05) is 64.5 Å². The summed E-state index contributed by atoms with van der Waals surface area (Å²) in [6, 6.07) is 5.81. The van der Waals surface area contributed by atoms with E-state index in [1.165, 1.54) is 6.26 Å². The molecule has 0 N–H and O–H groups in total. The molecule has 2 saturated heterocycles. The molecule has 0 saturated carbocycles. The van der Waals surface area contributed by atoms with Gasteiger partial charge in [-0.2, -0.15) is 0 Å². The summed E-state index contributed by atoms with van der Waals surface area (Å²) in [5.74, 6) is 2.05. The molecule has 2 aliphatic heterocycles. The predicted octanol–water partition coefficient (Wildman–Crippen LogP) is 1.41. The van der Waals surface area contributed by atoms with Crippen molar-refractivity contribution >= 4 is 5.91 Å². The van der Waals surface area contributed by atoms with E-state index in [-0.39, 0.29) is 5.91 Å². The zero-order chi connectivity index (χ0) is 24.6. The first-order valence-electron chi connectivity index (χ1n) is 12.2. The van der Waals surface area contributed by atoms with E-state index in [9.17, 15) is 4.79 Å². The van der Waals surface area contributed by atoms with Crippen molar-refractivity contribution < 1.29 is 23.4 Å². The number of hydrogen-bond donors (Lipinski definition) is 0. The third-order valence-corrected chi connectivity index (χ3v) is 6.64. The van der Waals surface area contributed by atoms with Gasteiger partial charge >= 0.3 is 0 Å². The van der Waals surface area contributed by atoms with Crippen LogP contribution in [0.15, 0.2) is 28.9 Å². The fourth-order valence-corrected chi connectivity index (χ4v) is 4.41. The van der Waals surface area contributed by atoms with Gasteiger partial charge in [0.2, 0.25) is 5.89 Å². The van der Waals surface area contributed by atoms with E-state index in [4.69, 9.17) is 18.6 Å². The molecule has 1 aromatic heterocycles. The number of nitrogens with zero attached hydrogens (tertiary/aromatic N) is 5. The van der Waals surface area contributed by atoms with Gasteiger partial charge in [0.1, 0.15) is 17.8 Å². The molecule has 4 rings (SSSR count). The summed E-state index contributed by atoms with van der Waals surface area (Å²) in [6.45, 7) is 9.38. The molecule has 0 spiro atoms. The number of oxazole rings is 1. The number of amides is 1. The van der Waals surface area contributed by atoms with Crippen LogP contribution >= 0.6 is 0 Å². The van der Waals surface area contributed by atoms with Crippen molar-refractivity contribution in [2.24, 2.45) is 0 Å². The lowest BCUT2D eigenvalue weighted by atomic mass is 10.1. The quantitative estimate of drug-likeness (QED) is 0.494. The summed E-state index contributed by atoms with van der Waals surface area (Å²) in [7, 11) is 5.40.